The predicted molar refractivity (Wildman–Crippen MR) is 160 cm³/mol. The number of unbranched alkanes of at least 4 members (excludes halogenated alkanes) is 10. The van der Waals surface area contributed by atoms with Crippen LogP contribution in [-0.2, 0) is 28.7 Å². The second kappa shape index (κ2) is 28.4. The first-order valence-corrected chi connectivity index (χ1v) is 16.5. The molecule has 0 bridgehead atoms. The molecule has 232 valence electrons. The highest BCUT2D eigenvalue weighted by atomic mass is 32.2. The molecular formula is C30H54N2O7S. The van der Waals surface area contributed by atoms with Crippen molar-refractivity contribution in [2.75, 3.05) is 31.2 Å². The number of hydrogen-bond acceptors (Lipinski definition) is 7. The van der Waals surface area contributed by atoms with E-state index < -0.39 is 17.7 Å². The summed E-state index contributed by atoms with van der Waals surface area (Å²) in [6.45, 7) is 3.29. The molecule has 0 aliphatic rings. The number of ether oxygens (including phenoxy) is 1. The van der Waals surface area contributed by atoms with Crippen LogP contribution in [0.3, 0.4) is 0 Å². The zero-order valence-corrected chi connectivity index (χ0v) is 25.6. The van der Waals surface area contributed by atoms with E-state index >= 15 is 0 Å². The number of ketones is 1. The molecule has 9 nitrogen and oxygen atoms in total. The number of carbonyl (C=O) groups is 5. The smallest absolute Gasteiger partial charge is 0.374 e. The molecule has 40 heavy (non-hydrogen) atoms. The van der Waals surface area contributed by atoms with Gasteiger partial charge in [0, 0.05) is 38.8 Å². The van der Waals surface area contributed by atoms with Crippen molar-refractivity contribution in [3.63, 3.8) is 0 Å². The van der Waals surface area contributed by atoms with E-state index in [-0.39, 0.29) is 18.2 Å². The van der Waals surface area contributed by atoms with Crippen LogP contribution in [0.5, 0.6) is 0 Å². The number of aliphatic carboxylic acids is 1. The summed E-state index contributed by atoms with van der Waals surface area (Å²) >= 11 is 2.00. The minimum Gasteiger partial charge on any atom is -0.481 e. The van der Waals surface area contributed by atoms with Gasteiger partial charge < -0.3 is 20.5 Å². The fourth-order valence-electron chi connectivity index (χ4n) is 3.98. The van der Waals surface area contributed by atoms with Crippen molar-refractivity contribution in [2.45, 2.75) is 129 Å². The first kappa shape index (κ1) is 37.9. The van der Waals surface area contributed by atoms with Gasteiger partial charge in [-0.15, -0.1) is 0 Å². The first-order valence-electron chi connectivity index (χ1n) is 15.4. The van der Waals surface area contributed by atoms with Crippen molar-refractivity contribution in [1.82, 2.24) is 10.6 Å². The Hall–Kier alpha value is -2.10. The molecule has 0 aromatic carbocycles. The maximum Gasteiger partial charge on any atom is 0.374 e. The van der Waals surface area contributed by atoms with E-state index in [4.69, 9.17) is 9.84 Å². The highest BCUT2D eigenvalue weighted by Crippen LogP contribution is 2.13. The zero-order chi connectivity index (χ0) is 29.7. The lowest BCUT2D eigenvalue weighted by atomic mass is 10.1. The van der Waals surface area contributed by atoms with E-state index in [1.54, 1.807) is 0 Å². The summed E-state index contributed by atoms with van der Waals surface area (Å²) in [5, 5.41) is 14.3. The molecule has 3 N–H and O–H groups in total. The average Bonchev–Trinajstić information content (AvgIpc) is 2.93. The van der Waals surface area contributed by atoms with Gasteiger partial charge in [0.25, 0.3) is 0 Å². The largest absolute Gasteiger partial charge is 0.481 e. The maximum absolute atomic E-state index is 11.9. The van der Waals surface area contributed by atoms with Crippen molar-refractivity contribution in [1.29, 1.82) is 0 Å². The number of thioether (sulfide) groups is 1. The molecular weight excluding hydrogens is 532 g/mol. The third kappa shape index (κ3) is 27.5. The summed E-state index contributed by atoms with van der Waals surface area (Å²) in [5.41, 5.74) is 0. The quantitative estimate of drug-likeness (QED) is 0.0586. The van der Waals surface area contributed by atoms with Crippen LogP contribution in [0.15, 0.2) is 0 Å². The van der Waals surface area contributed by atoms with Crippen molar-refractivity contribution >= 4 is 41.3 Å². The Bertz CT molecular complexity index is 704. The van der Waals surface area contributed by atoms with Crippen LogP contribution < -0.4 is 10.6 Å². The fraction of sp³-hybridized carbons (Fsp3) is 0.833. The third-order valence-corrected chi connectivity index (χ3v) is 7.50. The summed E-state index contributed by atoms with van der Waals surface area (Å²) in [5.74, 6) is 0.490. The van der Waals surface area contributed by atoms with Crippen molar-refractivity contribution in [2.24, 2.45) is 0 Å². The lowest BCUT2D eigenvalue weighted by Gasteiger charge is -2.07. The minimum atomic E-state index is -0.786. The number of carbonyl (C=O) groups excluding carboxylic acids is 4. The molecule has 0 saturated carbocycles. The summed E-state index contributed by atoms with van der Waals surface area (Å²) in [7, 11) is 0. The maximum atomic E-state index is 11.9. The van der Waals surface area contributed by atoms with Crippen LogP contribution >= 0.6 is 11.8 Å². The van der Waals surface area contributed by atoms with Gasteiger partial charge in [0.15, 0.2) is 0 Å². The van der Waals surface area contributed by atoms with E-state index in [0.717, 1.165) is 64.2 Å². The molecule has 0 aliphatic heterocycles. The van der Waals surface area contributed by atoms with Gasteiger partial charge >= 0.3 is 11.9 Å². The number of Topliss-reactive ketones (excluding diaryl/α,β-unsaturated/α-hetero) is 1. The Labute approximate surface area is 245 Å². The van der Waals surface area contributed by atoms with Gasteiger partial charge in [-0.25, -0.2) is 4.79 Å². The van der Waals surface area contributed by atoms with E-state index in [1.165, 1.54) is 30.8 Å². The van der Waals surface area contributed by atoms with Crippen LogP contribution in [0, 0.1) is 0 Å². The summed E-state index contributed by atoms with van der Waals surface area (Å²) < 4.78 is 4.85. The Kier molecular flexibility index (Phi) is 26.9. The molecule has 0 saturated heterocycles. The summed E-state index contributed by atoms with van der Waals surface area (Å²) in [6.07, 6.45) is 15.6. The minimum absolute atomic E-state index is 0.0286. The summed E-state index contributed by atoms with van der Waals surface area (Å²) in [6, 6.07) is 0. The predicted octanol–water partition coefficient (Wildman–Crippen LogP) is 5.58. The molecule has 0 unspecified atom stereocenters. The highest BCUT2D eigenvalue weighted by Gasteiger charge is 2.13. The zero-order valence-electron chi connectivity index (χ0n) is 24.8. The number of hydrogen-bond donors (Lipinski definition) is 3. The van der Waals surface area contributed by atoms with Gasteiger partial charge in [-0.1, -0.05) is 51.9 Å². The van der Waals surface area contributed by atoms with E-state index in [2.05, 4.69) is 10.6 Å². The van der Waals surface area contributed by atoms with Gasteiger partial charge in [-0.3, -0.25) is 19.2 Å². The summed E-state index contributed by atoms with van der Waals surface area (Å²) in [4.78, 5) is 57.1. The van der Waals surface area contributed by atoms with Gasteiger partial charge in [0.1, 0.15) is 0 Å². The molecule has 0 aromatic heterocycles. The molecule has 0 atom stereocenters. The van der Waals surface area contributed by atoms with Gasteiger partial charge in [-0.2, -0.15) is 11.8 Å². The van der Waals surface area contributed by atoms with Crippen LogP contribution in [0.4, 0.5) is 0 Å². The van der Waals surface area contributed by atoms with Crippen LogP contribution in [0.25, 0.3) is 0 Å². The molecule has 0 spiro atoms. The molecule has 0 heterocycles. The molecule has 0 aromatic rings. The number of rotatable bonds is 29. The van der Waals surface area contributed by atoms with Crippen molar-refractivity contribution < 1.29 is 33.8 Å². The second-order valence-corrected chi connectivity index (χ2v) is 11.4. The molecule has 0 fully saturated rings. The third-order valence-electron chi connectivity index (χ3n) is 6.34. The molecule has 10 heteroatoms. The van der Waals surface area contributed by atoms with Crippen molar-refractivity contribution in [3.05, 3.63) is 0 Å². The molecule has 0 radical (unpaired) electrons. The SMILES string of the molecule is CCCOC(=O)C(=O)CCCCCCCSCCCCCCCC(=O)NCCCC(=O)NCCCCCC(=O)O. The Morgan fingerprint density at radius 2 is 1.07 bits per heavy atom. The number of esters is 1. The van der Waals surface area contributed by atoms with E-state index in [1.807, 2.05) is 18.7 Å². The van der Waals surface area contributed by atoms with Crippen LogP contribution in [0.1, 0.15) is 129 Å². The van der Waals surface area contributed by atoms with E-state index in [9.17, 15) is 24.0 Å². The van der Waals surface area contributed by atoms with Crippen molar-refractivity contribution in [3.8, 4) is 0 Å². The Morgan fingerprint density at radius 1 is 0.600 bits per heavy atom. The number of nitrogens with one attached hydrogen (secondary N) is 2. The van der Waals surface area contributed by atoms with Gasteiger partial charge in [0.2, 0.25) is 17.6 Å². The Morgan fingerprint density at radius 3 is 1.68 bits per heavy atom. The highest BCUT2D eigenvalue weighted by molar-refractivity contribution is 7.99. The number of amides is 2. The standard InChI is InChI=1S/C30H54N2O7S/c1-2-23-39-30(38)26(33)17-10-5-3-7-14-24-40-25-15-8-4-6-11-18-27(34)32-22-16-19-28(35)31-21-13-9-12-20-29(36)37/h2-25H2,1H3,(H,31,35)(H,32,34)(H,36,37). The van der Waals surface area contributed by atoms with Crippen LogP contribution in [0.2, 0.25) is 0 Å². The van der Waals surface area contributed by atoms with Gasteiger partial charge in [0.05, 0.1) is 6.61 Å². The monoisotopic (exact) mass is 586 g/mol. The molecule has 0 aliphatic carbocycles. The van der Waals surface area contributed by atoms with E-state index in [0.29, 0.717) is 51.8 Å². The van der Waals surface area contributed by atoms with Gasteiger partial charge in [-0.05, 0) is 62.9 Å². The lowest BCUT2D eigenvalue weighted by molar-refractivity contribution is -0.153. The fourth-order valence-corrected chi connectivity index (χ4v) is 5.00. The molecule has 2 amide bonds. The van der Waals surface area contributed by atoms with Crippen LogP contribution in [-0.4, -0.2) is 65.8 Å². The normalized spacial score (nSPS) is 10.7. The Balaban J connectivity index is 3.34. The number of carboxylic acid groups (broad SMARTS) is 1. The lowest BCUT2D eigenvalue weighted by Crippen LogP contribution is -2.27. The average molecular weight is 587 g/mol. The first-order chi connectivity index (χ1) is 19.4. The second-order valence-electron chi connectivity index (χ2n) is 10.2. The number of carboxylic acids is 1. The topological polar surface area (TPSA) is 139 Å². The molecule has 0 rings (SSSR count).